The summed E-state index contributed by atoms with van der Waals surface area (Å²) in [7, 11) is 0. The summed E-state index contributed by atoms with van der Waals surface area (Å²) in [6, 6.07) is 4.14. The van der Waals surface area contributed by atoms with Gasteiger partial charge in [0.05, 0.1) is 10.8 Å². The molecule has 0 aliphatic heterocycles. The van der Waals surface area contributed by atoms with Crippen molar-refractivity contribution in [1.29, 1.82) is 0 Å². The highest BCUT2D eigenvalue weighted by atomic mass is 32.2. The average Bonchev–Trinajstić information content (AvgIpc) is 2.57. The molecule has 3 N–H and O–H groups in total. The van der Waals surface area contributed by atoms with E-state index in [0.717, 1.165) is 12.2 Å². The van der Waals surface area contributed by atoms with Gasteiger partial charge in [-0.25, -0.2) is 0 Å². The van der Waals surface area contributed by atoms with Crippen molar-refractivity contribution in [2.45, 2.75) is 23.1 Å². The van der Waals surface area contributed by atoms with Gasteiger partial charge in [-0.15, -0.1) is 23.1 Å². The minimum atomic E-state index is -0.426. The molecule has 0 saturated heterocycles. The van der Waals surface area contributed by atoms with Crippen LogP contribution < -0.4 is 5.73 Å². The van der Waals surface area contributed by atoms with Crippen LogP contribution in [-0.2, 0) is 0 Å². The molecule has 4 heteroatoms. The van der Waals surface area contributed by atoms with E-state index in [-0.39, 0.29) is 6.61 Å². The molecule has 0 aliphatic carbocycles. The van der Waals surface area contributed by atoms with Crippen LogP contribution in [-0.4, -0.2) is 23.0 Å². The molecule has 0 aliphatic rings. The largest absolute Gasteiger partial charge is 0.394 e. The summed E-state index contributed by atoms with van der Waals surface area (Å²) in [5.74, 6) is 0.966. The Labute approximate surface area is 87.2 Å². The highest BCUT2D eigenvalue weighted by Gasteiger charge is 2.16. The third kappa shape index (κ3) is 4.13. The van der Waals surface area contributed by atoms with Crippen molar-refractivity contribution in [1.82, 2.24) is 0 Å². The minimum absolute atomic E-state index is 0.0536. The fourth-order valence-electron chi connectivity index (χ4n) is 0.809. The first-order valence-electron chi connectivity index (χ1n) is 4.20. The van der Waals surface area contributed by atoms with Crippen molar-refractivity contribution in [3.63, 3.8) is 0 Å². The van der Waals surface area contributed by atoms with Crippen LogP contribution in [0.4, 0.5) is 0 Å². The highest BCUT2D eigenvalue weighted by Crippen LogP contribution is 2.25. The van der Waals surface area contributed by atoms with Gasteiger partial charge in [0.1, 0.15) is 0 Å². The smallest absolute Gasteiger partial charge is 0.0608 e. The third-order valence-corrected chi connectivity index (χ3v) is 3.91. The predicted octanol–water partition coefficient (Wildman–Crippen LogP) is 1.94. The van der Waals surface area contributed by atoms with Crippen molar-refractivity contribution in [2.75, 3.05) is 12.4 Å². The van der Waals surface area contributed by atoms with Crippen LogP contribution in [0.2, 0.25) is 0 Å². The van der Waals surface area contributed by atoms with Gasteiger partial charge in [-0.05, 0) is 24.8 Å². The summed E-state index contributed by atoms with van der Waals surface area (Å²) in [6.07, 6.45) is 0.839. The van der Waals surface area contributed by atoms with Crippen molar-refractivity contribution < 1.29 is 5.11 Å². The Hall–Kier alpha value is -0.0300. The number of aliphatic hydroxyl groups is 1. The van der Waals surface area contributed by atoms with E-state index in [4.69, 9.17) is 10.8 Å². The Balaban J connectivity index is 2.21. The molecule has 1 aromatic rings. The molecule has 0 bridgehead atoms. The van der Waals surface area contributed by atoms with Gasteiger partial charge in [0, 0.05) is 11.3 Å². The zero-order valence-corrected chi connectivity index (χ0v) is 9.33. The molecule has 1 atom stereocenters. The summed E-state index contributed by atoms with van der Waals surface area (Å²) in [6.45, 7) is 1.93. The van der Waals surface area contributed by atoms with Crippen LogP contribution in [0.25, 0.3) is 0 Å². The summed E-state index contributed by atoms with van der Waals surface area (Å²) >= 11 is 3.54. The monoisotopic (exact) mass is 217 g/mol. The molecule has 1 heterocycles. The third-order valence-electron chi connectivity index (χ3n) is 1.77. The van der Waals surface area contributed by atoms with Crippen LogP contribution >= 0.6 is 23.1 Å². The molecule has 1 rings (SSSR count). The molecule has 0 saturated carbocycles. The van der Waals surface area contributed by atoms with Crippen LogP contribution in [0.3, 0.4) is 0 Å². The van der Waals surface area contributed by atoms with E-state index in [1.54, 1.807) is 23.1 Å². The fourth-order valence-corrected chi connectivity index (χ4v) is 2.89. The van der Waals surface area contributed by atoms with Gasteiger partial charge in [-0.3, -0.25) is 0 Å². The first kappa shape index (κ1) is 11.0. The molecule has 0 radical (unpaired) electrons. The SMILES string of the molecule is CC(N)(CO)CCSc1cccs1. The molecule has 0 spiro atoms. The summed E-state index contributed by atoms with van der Waals surface area (Å²) in [4.78, 5) is 0. The first-order valence-corrected chi connectivity index (χ1v) is 6.07. The quantitative estimate of drug-likeness (QED) is 0.741. The molecule has 2 nitrogen and oxygen atoms in total. The molecular formula is C9H15NOS2. The Morgan fingerprint density at radius 2 is 2.46 bits per heavy atom. The van der Waals surface area contributed by atoms with Gasteiger partial charge >= 0.3 is 0 Å². The Bertz CT molecular complexity index is 234. The van der Waals surface area contributed by atoms with Crippen molar-refractivity contribution in [2.24, 2.45) is 5.73 Å². The maximum Gasteiger partial charge on any atom is 0.0608 e. The van der Waals surface area contributed by atoms with Gasteiger partial charge in [0.25, 0.3) is 0 Å². The summed E-state index contributed by atoms with van der Waals surface area (Å²) in [5.41, 5.74) is 5.37. The van der Waals surface area contributed by atoms with E-state index in [0.29, 0.717) is 0 Å². The lowest BCUT2D eigenvalue weighted by atomic mass is 10.0. The van der Waals surface area contributed by atoms with Crippen LogP contribution in [0.1, 0.15) is 13.3 Å². The molecule has 0 amide bonds. The standard InChI is InChI=1S/C9H15NOS2/c1-9(10,7-11)4-6-13-8-3-2-5-12-8/h2-3,5,11H,4,6-7,10H2,1H3. The number of aliphatic hydroxyl groups excluding tert-OH is 1. The van der Waals surface area contributed by atoms with E-state index in [1.807, 2.05) is 13.0 Å². The Morgan fingerprint density at radius 1 is 1.69 bits per heavy atom. The molecule has 13 heavy (non-hydrogen) atoms. The van der Waals surface area contributed by atoms with E-state index < -0.39 is 5.54 Å². The molecule has 1 aromatic heterocycles. The normalized spacial score (nSPS) is 15.6. The summed E-state index contributed by atoms with van der Waals surface area (Å²) < 4.78 is 1.31. The van der Waals surface area contributed by atoms with Crippen LogP contribution in [0.5, 0.6) is 0 Å². The van der Waals surface area contributed by atoms with Crippen molar-refractivity contribution in [3.8, 4) is 0 Å². The Morgan fingerprint density at radius 3 is 3.00 bits per heavy atom. The first-order chi connectivity index (χ1) is 6.14. The average molecular weight is 217 g/mol. The lowest BCUT2D eigenvalue weighted by molar-refractivity contribution is 0.206. The molecule has 1 unspecified atom stereocenters. The molecular weight excluding hydrogens is 202 g/mol. The number of hydrogen-bond donors (Lipinski definition) is 2. The van der Waals surface area contributed by atoms with E-state index in [9.17, 15) is 0 Å². The lowest BCUT2D eigenvalue weighted by Gasteiger charge is -2.20. The van der Waals surface area contributed by atoms with Gasteiger partial charge in [-0.1, -0.05) is 6.07 Å². The lowest BCUT2D eigenvalue weighted by Crippen LogP contribution is -2.40. The summed E-state index contributed by atoms with van der Waals surface area (Å²) in [5, 5.41) is 11.0. The minimum Gasteiger partial charge on any atom is -0.394 e. The van der Waals surface area contributed by atoms with E-state index in [1.165, 1.54) is 4.21 Å². The molecule has 0 fully saturated rings. The van der Waals surface area contributed by atoms with Crippen LogP contribution in [0.15, 0.2) is 21.7 Å². The zero-order valence-electron chi connectivity index (χ0n) is 7.69. The second-order valence-corrected chi connectivity index (χ2v) is 5.69. The number of hydrogen-bond acceptors (Lipinski definition) is 4. The number of nitrogens with two attached hydrogens (primary N) is 1. The Kier molecular flexibility index (Phi) is 4.25. The number of thioether (sulfide) groups is 1. The van der Waals surface area contributed by atoms with Crippen LogP contribution in [0, 0.1) is 0 Å². The number of rotatable bonds is 5. The second kappa shape index (κ2) is 5.00. The fraction of sp³-hybridized carbons (Fsp3) is 0.556. The van der Waals surface area contributed by atoms with Gasteiger partial charge in [0.15, 0.2) is 0 Å². The van der Waals surface area contributed by atoms with Gasteiger partial charge in [0.2, 0.25) is 0 Å². The topological polar surface area (TPSA) is 46.2 Å². The highest BCUT2D eigenvalue weighted by molar-refractivity contribution is 8.01. The van der Waals surface area contributed by atoms with E-state index in [2.05, 4.69) is 11.4 Å². The maximum atomic E-state index is 8.92. The predicted molar refractivity (Wildman–Crippen MR) is 59.3 cm³/mol. The number of thiophene rings is 1. The molecule has 0 aromatic carbocycles. The van der Waals surface area contributed by atoms with E-state index >= 15 is 0 Å². The van der Waals surface area contributed by atoms with Crippen molar-refractivity contribution in [3.05, 3.63) is 17.5 Å². The molecule has 74 valence electrons. The van der Waals surface area contributed by atoms with Gasteiger partial charge in [-0.2, -0.15) is 0 Å². The van der Waals surface area contributed by atoms with Gasteiger partial charge < -0.3 is 10.8 Å². The van der Waals surface area contributed by atoms with Crippen molar-refractivity contribution >= 4 is 23.1 Å². The zero-order chi connectivity index (χ0) is 9.73. The maximum absolute atomic E-state index is 8.92. The second-order valence-electron chi connectivity index (χ2n) is 3.34.